The van der Waals surface area contributed by atoms with Gasteiger partial charge in [-0.15, -0.1) is 0 Å². The highest BCUT2D eigenvalue weighted by Gasteiger charge is 2.18. The zero-order chi connectivity index (χ0) is 26.9. The molecule has 2 bridgehead atoms. The van der Waals surface area contributed by atoms with E-state index in [1.807, 2.05) is 58.0 Å². The number of aromatic hydroxyl groups is 2. The first-order valence-corrected chi connectivity index (χ1v) is 12.8. The zero-order valence-corrected chi connectivity index (χ0v) is 22.2. The summed E-state index contributed by atoms with van der Waals surface area (Å²) < 4.78 is 0. The van der Waals surface area contributed by atoms with E-state index in [1.54, 1.807) is 12.1 Å². The second kappa shape index (κ2) is 13.1. The lowest BCUT2D eigenvalue weighted by Gasteiger charge is -2.28. The quantitative estimate of drug-likeness (QED) is 0.448. The Morgan fingerprint density at radius 2 is 1.22 bits per heavy atom. The molecule has 0 aliphatic carbocycles. The van der Waals surface area contributed by atoms with E-state index in [0.29, 0.717) is 49.9 Å². The lowest BCUT2D eigenvalue weighted by Crippen LogP contribution is -2.31. The van der Waals surface area contributed by atoms with E-state index in [-0.39, 0.29) is 11.5 Å². The van der Waals surface area contributed by atoms with E-state index in [4.69, 9.17) is 4.98 Å². The Morgan fingerprint density at radius 3 is 1.62 bits per heavy atom. The number of benzene rings is 2. The Labute approximate surface area is 219 Å². The molecule has 0 unspecified atom stereocenters. The van der Waals surface area contributed by atoms with Crippen LogP contribution in [0.1, 0.15) is 74.6 Å². The number of carbonyl (C=O) groups is 2. The van der Waals surface area contributed by atoms with Crippen molar-refractivity contribution in [3.8, 4) is 11.5 Å². The number of nitrogens with zero attached hydrogens (tertiary/aromatic N) is 3. The fraction of sp³-hybridized carbons (Fsp3) is 0.367. The van der Waals surface area contributed by atoms with Crippen molar-refractivity contribution in [3.63, 3.8) is 0 Å². The summed E-state index contributed by atoms with van der Waals surface area (Å²) in [7, 11) is 0. The number of pyridine rings is 1. The maximum atomic E-state index is 11.4. The first kappa shape index (κ1) is 28.0. The van der Waals surface area contributed by atoms with E-state index in [2.05, 4.69) is 9.80 Å². The van der Waals surface area contributed by atoms with Gasteiger partial charge < -0.3 is 10.2 Å². The van der Waals surface area contributed by atoms with E-state index in [0.717, 1.165) is 53.2 Å². The largest absolute Gasteiger partial charge is 0.507 e. The van der Waals surface area contributed by atoms with E-state index in [9.17, 15) is 19.8 Å². The van der Waals surface area contributed by atoms with Crippen LogP contribution in [0.15, 0.2) is 42.5 Å². The van der Waals surface area contributed by atoms with E-state index < -0.39 is 0 Å². The van der Waals surface area contributed by atoms with Crippen molar-refractivity contribution < 1.29 is 19.8 Å². The normalized spacial score (nSPS) is 14.4. The first-order chi connectivity index (χ1) is 17.9. The standard InChI is InChI=1S/C28H31N3O4.C2H6/c1-19-9-21(27(34)23(11-19)17-32)13-30-7-4-8-31(16-26-6-3-5-25(15-30)29-26)14-22-10-20(2)12-24(18-33)28(22)35;1-2/h3,5-6,9-12,17-18,34-35H,4,7-8,13-16H2,1-2H3;1-2H3. The van der Waals surface area contributed by atoms with Crippen molar-refractivity contribution in [1.29, 1.82) is 0 Å². The molecule has 2 aromatic carbocycles. The average Bonchev–Trinajstić information content (AvgIpc) is 2.88. The summed E-state index contributed by atoms with van der Waals surface area (Å²) in [5, 5.41) is 21.2. The summed E-state index contributed by atoms with van der Waals surface area (Å²) in [4.78, 5) is 32.0. The van der Waals surface area contributed by atoms with Crippen LogP contribution >= 0.6 is 0 Å². The van der Waals surface area contributed by atoms with Gasteiger partial charge in [0.2, 0.25) is 0 Å². The number of rotatable bonds is 6. The van der Waals surface area contributed by atoms with Crippen molar-refractivity contribution in [2.24, 2.45) is 0 Å². The van der Waals surface area contributed by atoms with Crippen LogP contribution in [0.25, 0.3) is 0 Å². The van der Waals surface area contributed by atoms with Gasteiger partial charge in [0, 0.05) is 50.4 Å². The molecule has 37 heavy (non-hydrogen) atoms. The SMILES string of the molecule is CC.Cc1cc(C=O)c(O)c(CN2CCCN(Cc3cc(C)cc(C=O)c3O)Cc3cccc(n3)C2)c1. The molecule has 0 fully saturated rings. The van der Waals surface area contributed by atoms with Crippen LogP contribution in [0, 0.1) is 13.8 Å². The van der Waals surface area contributed by atoms with Crippen molar-refractivity contribution in [3.05, 3.63) is 87.2 Å². The molecule has 1 aromatic heterocycles. The van der Waals surface area contributed by atoms with Crippen molar-refractivity contribution in [2.45, 2.75) is 60.3 Å². The Balaban J connectivity index is 0.00000186. The summed E-state index contributed by atoms with van der Waals surface area (Å²) >= 11 is 0. The molecule has 0 atom stereocenters. The highest BCUT2D eigenvalue weighted by molar-refractivity contribution is 5.81. The molecule has 196 valence electrons. The van der Waals surface area contributed by atoms with Gasteiger partial charge in [-0.25, -0.2) is 0 Å². The van der Waals surface area contributed by atoms with Crippen LogP contribution in [0.5, 0.6) is 11.5 Å². The second-order valence-electron chi connectivity index (χ2n) is 9.35. The molecule has 0 spiro atoms. The minimum absolute atomic E-state index is 0.0342. The fourth-order valence-electron chi connectivity index (χ4n) is 4.78. The number of fused-ring (bicyclic) bond motifs is 2. The second-order valence-corrected chi connectivity index (χ2v) is 9.35. The highest BCUT2D eigenvalue weighted by Crippen LogP contribution is 2.27. The highest BCUT2D eigenvalue weighted by atomic mass is 16.3. The molecule has 0 amide bonds. The number of phenols is 2. The molecule has 7 heteroatoms. The summed E-state index contributed by atoms with van der Waals surface area (Å²) in [6.45, 7) is 11.6. The molecule has 0 radical (unpaired) electrons. The van der Waals surface area contributed by atoms with Crippen molar-refractivity contribution in [1.82, 2.24) is 14.8 Å². The number of carbonyl (C=O) groups excluding carboxylic acids is 2. The lowest BCUT2D eigenvalue weighted by molar-refractivity contribution is 0.111. The third-order valence-electron chi connectivity index (χ3n) is 6.35. The third kappa shape index (κ3) is 7.24. The molecule has 0 saturated carbocycles. The summed E-state index contributed by atoms with van der Waals surface area (Å²) in [6, 6.07) is 13.2. The number of hydrogen-bond acceptors (Lipinski definition) is 7. The molecule has 7 nitrogen and oxygen atoms in total. The van der Waals surface area contributed by atoms with Crippen LogP contribution in [0.2, 0.25) is 0 Å². The van der Waals surface area contributed by atoms with Gasteiger partial charge in [0.25, 0.3) is 0 Å². The van der Waals surface area contributed by atoms with E-state index in [1.165, 1.54) is 0 Å². The van der Waals surface area contributed by atoms with Gasteiger partial charge in [0.15, 0.2) is 12.6 Å². The Bertz CT molecular complexity index is 1150. The maximum Gasteiger partial charge on any atom is 0.153 e. The molecule has 2 heterocycles. The van der Waals surface area contributed by atoms with Crippen LogP contribution in [-0.4, -0.2) is 50.7 Å². The zero-order valence-electron chi connectivity index (χ0n) is 22.2. The topological polar surface area (TPSA) is 94.0 Å². The maximum absolute atomic E-state index is 11.4. The lowest BCUT2D eigenvalue weighted by atomic mass is 10.0. The van der Waals surface area contributed by atoms with Crippen LogP contribution in [-0.2, 0) is 26.2 Å². The summed E-state index contributed by atoms with van der Waals surface area (Å²) in [6.07, 6.45) is 2.24. The molecule has 1 aliphatic heterocycles. The van der Waals surface area contributed by atoms with E-state index >= 15 is 0 Å². The molecule has 0 saturated heterocycles. The number of hydrogen-bond donors (Lipinski definition) is 2. The van der Waals surface area contributed by atoms with Crippen molar-refractivity contribution in [2.75, 3.05) is 13.1 Å². The smallest absolute Gasteiger partial charge is 0.153 e. The first-order valence-electron chi connectivity index (χ1n) is 12.8. The number of aldehydes is 2. The van der Waals surface area contributed by atoms with Gasteiger partial charge in [0.1, 0.15) is 11.5 Å². The minimum Gasteiger partial charge on any atom is -0.507 e. The Hall–Kier alpha value is -3.55. The average molecular weight is 504 g/mol. The molecular weight excluding hydrogens is 466 g/mol. The van der Waals surface area contributed by atoms with Gasteiger partial charge in [-0.05, 0) is 55.7 Å². The number of aromatic nitrogens is 1. The monoisotopic (exact) mass is 503 g/mol. The fourth-order valence-corrected chi connectivity index (χ4v) is 4.78. The van der Waals surface area contributed by atoms with Gasteiger partial charge in [-0.3, -0.25) is 24.4 Å². The molecular formula is C30H37N3O4. The summed E-state index contributed by atoms with van der Waals surface area (Å²) in [5.74, 6) is 0.0684. The molecule has 2 N–H and O–H groups in total. The predicted molar refractivity (Wildman–Crippen MR) is 145 cm³/mol. The van der Waals surface area contributed by atoms with Crippen LogP contribution < -0.4 is 0 Å². The van der Waals surface area contributed by atoms with Crippen LogP contribution in [0.4, 0.5) is 0 Å². The van der Waals surface area contributed by atoms with Crippen molar-refractivity contribution >= 4 is 12.6 Å². The Kier molecular flexibility index (Phi) is 9.94. The van der Waals surface area contributed by atoms with Crippen LogP contribution in [0.3, 0.4) is 0 Å². The molecule has 1 aliphatic rings. The van der Waals surface area contributed by atoms with Gasteiger partial charge in [0.05, 0.1) is 22.5 Å². The number of phenolic OH excluding ortho intramolecular Hbond substituents is 2. The molecule has 3 aromatic rings. The molecule has 4 rings (SSSR count). The predicted octanol–water partition coefficient (Wildman–Crippen LogP) is 5.17. The number of aryl methyl sites for hydroxylation is 2. The van der Waals surface area contributed by atoms with Gasteiger partial charge >= 0.3 is 0 Å². The Morgan fingerprint density at radius 1 is 0.784 bits per heavy atom. The van der Waals surface area contributed by atoms with Gasteiger partial charge in [-0.2, -0.15) is 0 Å². The summed E-state index contributed by atoms with van der Waals surface area (Å²) in [5.41, 5.74) is 5.80. The third-order valence-corrected chi connectivity index (χ3v) is 6.35. The minimum atomic E-state index is 0.0342. The van der Waals surface area contributed by atoms with Gasteiger partial charge in [-0.1, -0.05) is 32.0 Å².